The quantitative estimate of drug-likeness (QED) is 0.369. The van der Waals surface area contributed by atoms with Gasteiger partial charge in [-0.2, -0.15) is 0 Å². The summed E-state index contributed by atoms with van der Waals surface area (Å²) in [6.07, 6.45) is 19.4. The van der Waals surface area contributed by atoms with Crippen LogP contribution in [0.2, 0.25) is 0 Å². The molecule has 0 aromatic rings. The number of rotatable bonds is 11. The van der Waals surface area contributed by atoms with E-state index in [2.05, 4.69) is 10.8 Å². The van der Waals surface area contributed by atoms with Crippen LogP contribution in [0.5, 0.6) is 0 Å². The smallest absolute Gasteiger partial charge is 0.303 e. The second-order valence-electron chi connectivity index (χ2n) is 10.2. The fourth-order valence-corrected chi connectivity index (χ4v) is 6.30. The van der Waals surface area contributed by atoms with E-state index < -0.39 is 16.0 Å². The van der Waals surface area contributed by atoms with Gasteiger partial charge in [-0.15, -0.1) is 0 Å². The zero-order chi connectivity index (χ0) is 27.4. The second kappa shape index (κ2) is 15.2. The standard InChI is InChI=1S/C29H42N2O6S/c1-2-27(9-5-8-23-6-3-4-7-24(11-10-23)14-17-28(32)33)38(35,36)30-22-25-12-15-26(16-13-25)29(34)31-18-20-37-21-19-31/h2,4-5,7,9-11,25-26,30H,3,6,8,12-22H2,1H3,(H,32,33)/b7-4-,9-5-,23-10+,24-11+,27-2+. The SMILES string of the molecule is C/C=C(\C=C/C/C1=C/C=C(CCC(=O)O)\C=C/CC1)S(=O)(=O)NCC1CCC(C(=O)N2CCOCC2)CC1. The largest absolute Gasteiger partial charge is 0.481 e. The van der Waals surface area contributed by atoms with Crippen molar-refractivity contribution in [3.63, 3.8) is 0 Å². The van der Waals surface area contributed by atoms with Crippen LogP contribution in [0.4, 0.5) is 0 Å². The van der Waals surface area contributed by atoms with Crippen molar-refractivity contribution in [2.45, 2.75) is 64.7 Å². The van der Waals surface area contributed by atoms with Crippen LogP contribution in [0.3, 0.4) is 0 Å². The molecular weight excluding hydrogens is 504 g/mol. The first-order valence-electron chi connectivity index (χ1n) is 13.7. The average Bonchev–Trinajstić information content (AvgIpc) is 2.91. The van der Waals surface area contributed by atoms with E-state index in [1.165, 1.54) is 5.57 Å². The number of amides is 1. The highest BCUT2D eigenvalue weighted by Crippen LogP contribution is 2.30. The van der Waals surface area contributed by atoms with Gasteiger partial charge in [-0.1, -0.05) is 42.0 Å². The van der Waals surface area contributed by atoms with Gasteiger partial charge in [0, 0.05) is 32.0 Å². The molecule has 1 amide bonds. The van der Waals surface area contributed by atoms with E-state index in [1.807, 2.05) is 29.2 Å². The molecule has 1 saturated heterocycles. The normalized spacial score (nSPS) is 27.1. The molecule has 0 atom stereocenters. The van der Waals surface area contributed by atoms with Gasteiger partial charge in [0.15, 0.2) is 0 Å². The molecule has 9 heteroatoms. The van der Waals surface area contributed by atoms with E-state index >= 15 is 0 Å². The summed E-state index contributed by atoms with van der Waals surface area (Å²) in [4.78, 5) is 25.7. The minimum absolute atomic E-state index is 0.0381. The zero-order valence-electron chi connectivity index (χ0n) is 22.4. The molecule has 2 N–H and O–H groups in total. The Morgan fingerprint density at radius 3 is 2.58 bits per heavy atom. The topological polar surface area (TPSA) is 113 Å². The van der Waals surface area contributed by atoms with Gasteiger partial charge in [-0.25, -0.2) is 13.1 Å². The van der Waals surface area contributed by atoms with Gasteiger partial charge in [0.05, 0.1) is 18.1 Å². The number of carbonyl (C=O) groups is 2. The van der Waals surface area contributed by atoms with Crippen molar-refractivity contribution in [3.8, 4) is 0 Å². The molecule has 3 rings (SSSR count). The Hall–Kier alpha value is -2.49. The number of morpholine rings is 1. The third kappa shape index (κ3) is 9.67. The van der Waals surface area contributed by atoms with E-state index in [1.54, 1.807) is 19.1 Å². The van der Waals surface area contributed by atoms with Crippen LogP contribution < -0.4 is 4.72 Å². The molecule has 1 aliphatic heterocycles. The number of hydrogen-bond donors (Lipinski definition) is 2. The molecule has 0 unspecified atom stereocenters. The number of hydrogen-bond acceptors (Lipinski definition) is 5. The number of nitrogens with zero attached hydrogens (tertiary/aromatic N) is 1. The number of carbonyl (C=O) groups excluding carboxylic acids is 1. The lowest BCUT2D eigenvalue weighted by atomic mass is 9.81. The predicted molar refractivity (Wildman–Crippen MR) is 149 cm³/mol. The fourth-order valence-electron chi connectivity index (χ4n) is 5.09. The van der Waals surface area contributed by atoms with Crippen LogP contribution in [-0.4, -0.2) is 63.1 Å². The van der Waals surface area contributed by atoms with E-state index in [0.717, 1.165) is 44.1 Å². The maximum absolute atomic E-state index is 13.0. The summed E-state index contributed by atoms with van der Waals surface area (Å²) < 4.78 is 34.0. The fraction of sp³-hybridized carbons (Fsp3) is 0.586. The Labute approximate surface area is 227 Å². The van der Waals surface area contributed by atoms with Gasteiger partial charge in [0.2, 0.25) is 15.9 Å². The molecule has 3 aliphatic rings. The molecule has 38 heavy (non-hydrogen) atoms. The van der Waals surface area contributed by atoms with Gasteiger partial charge < -0.3 is 14.7 Å². The Balaban J connectivity index is 1.46. The van der Waals surface area contributed by atoms with Gasteiger partial charge in [-0.3, -0.25) is 9.59 Å². The summed E-state index contributed by atoms with van der Waals surface area (Å²) in [7, 11) is -3.62. The third-order valence-electron chi connectivity index (χ3n) is 7.46. The Kier molecular flexibility index (Phi) is 12.0. The van der Waals surface area contributed by atoms with Gasteiger partial charge >= 0.3 is 5.97 Å². The maximum atomic E-state index is 13.0. The number of carboxylic acids is 1. The van der Waals surface area contributed by atoms with E-state index in [0.29, 0.717) is 45.7 Å². The number of carboxylic acid groups (broad SMARTS) is 1. The van der Waals surface area contributed by atoms with E-state index in [9.17, 15) is 18.0 Å². The van der Waals surface area contributed by atoms with Crippen LogP contribution in [0.25, 0.3) is 0 Å². The molecule has 1 saturated carbocycles. The van der Waals surface area contributed by atoms with Gasteiger partial charge in [0.25, 0.3) is 0 Å². The summed E-state index contributed by atoms with van der Waals surface area (Å²) in [5.74, 6) is -0.322. The number of ether oxygens (including phenoxy) is 1. The van der Waals surface area contributed by atoms with Crippen LogP contribution in [0.15, 0.2) is 58.6 Å². The lowest BCUT2D eigenvalue weighted by Gasteiger charge is -2.34. The lowest BCUT2D eigenvalue weighted by molar-refractivity contribution is -0.141. The van der Waals surface area contributed by atoms with Crippen molar-refractivity contribution < 1.29 is 27.9 Å². The minimum Gasteiger partial charge on any atom is -0.481 e. The van der Waals surface area contributed by atoms with E-state index in [-0.39, 0.29) is 29.1 Å². The van der Waals surface area contributed by atoms with Crippen molar-refractivity contribution in [2.75, 3.05) is 32.8 Å². The highest BCUT2D eigenvalue weighted by atomic mass is 32.2. The first-order valence-corrected chi connectivity index (χ1v) is 15.2. The number of aliphatic carboxylic acids is 1. The predicted octanol–water partition coefficient (Wildman–Crippen LogP) is 4.49. The van der Waals surface area contributed by atoms with Crippen molar-refractivity contribution >= 4 is 21.9 Å². The van der Waals surface area contributed by atoms with Crippen LogP contribution in [0, 0.1) is 11.8 Å². The summed E-state index contributed by atoms with van der Waals surface area (Å²) in [5.41, 5.74) is 2.15. The third-order valence-corrected chi connectivity index (χ3v) is 9.00. The van der Waals surface area contributed by atoms with Crippen molar-refractivity contribution in [3.05, 3.63) is 58.6 Å². The highest BCUT2D eigenvalue weighted by molar-refractivity contribution is 7.93. The molecular formula is C29H42N2O6S. The first kappa shape index (κ1) is 30.1. The van der Waals surface area contributed by atoms with Crippen molar-refractivity contribution in [2.24, 2.45) is 11.8 Å². The molecule has 0 aromatic carbocycles. The van der Waals surface area contributed by atoms with Crippen molar-refractivity contribution in [1.82, 2.24) is 9.62 Å². The number of sulfonamides is 1. The summed E-state index contributed by atoms with van der Waals surface area (Å²) in [6, 6.07) is 0. The summed E-state index contributed by atoms with van der Waals surface area (Å²) in [6.45, 7) is 4.64. The first-order chi connectivity index (χ1) is 18.3. The molecule has 0 radical (unpaired) electrons. The number of allylic oxidation sites excluding steroid dienone is 9. The Bertz CT molecular complexity index is 1070. The second-order valence-corrected chi connectivity index (χ2v) is 12.0. The summed E-state index contributed by atoms with van der Waals surface area (Å²) >= 11 is 0. The van der Waals surface area contributed by atoms with Crippen molar-refractivity contribution in [1.29, 1.82) is 0 Å². The minimum atomic E-state index is -3.62. The molecule has 2 aliphatic carbocycles. The maximum Gasteiger partial charge on any atom is 0.303 e. The number of nitrogens with one attached hydrogen (secondary N) is 1. The van der Waals surface area contributed by atoms with Gasteiger partial charge in [0.1, 0.15) is 0 Å². The van der Waals surface area contributed by atoms with Crippen LogP contribution >= 0.6 is 0 Å². The molecule has 1 heterocycles. The molecule has 0 bridgehead atoms. The summed E-state index contributed by atoms with van der Waals surface area (Å²) in [5, 5.41) is 8.91. The molecule has 0 spiro atoms. The van der Waals surface area contributed by atoms with Crippen LogP contribution in [-0.2, 0) is 24.3 Å². The molecule has 2 fully saturated rings. The molecule has 8 nitrogen and oxygen atoms in total. The molecule has 210 valence electrons. The zero-order valence-corrected chi connectivity index (χ0v) is 23.3. The Morgan fingerprint density at radius 2 is 1.89 bits per heavy atom. The average molecular weight is 547 g/mol. The lowest BCUT2D eigenvalue weighted by Crippen LogP contribution is -2.44. The van der Waals surface area contributed by atoms with Gasteiger partial charge in [-0.05, 0) is 75.9 Å². The monoisotopic (exact) mass is 546 g/mol. The Morgan fingerprint density at radius 1 is 1.16 bits per heavy atom. The highest BCUT2D eigenvalue weighted by Gasteiger charge is 2.30. The molecule has 0 aromatic heterocycles. The van der Waals surface area contributed by atoms with E-state index in [4.69, 9.17) is 9.84 Å². The van der Waals surface area contributed by atoms with Crippen LogP contribution in [0.1, 0.15) is 64.7 Å².